The molecule has 0 saturated carbocycles. The van der Waals surface area contributed by atoms with E-state index < -0.39 is 17.8 Å². The number of nitrogens with zero attached hydrogens (tertiary/aromatic N) is 4. The second-order valence-electron chi connectivity index (χ2n) is 6.54. The third-order valence-corrected chi connectivity index (χ3v) is 5.06. The van der Waals surface area contributed by atoms with Gasteiger partial charge in [0.05, 0.1) is 6.61 Å². The molecule has 28 heavy (non-hydrogen) atoms. The monoisotopic (exact) mass is 403 g/mol. The van der Waals surface area contributed by atoms with Crippen LogP contribution >= 0.6 is 11.3 Å². The SMILES string of the molecule is Cc1ccc(C)c(OCCc2nnc(NC(=O)CN3C(=O)CN(C)C3=O)s2)c1. The van der Waals surface area contributed by atoms with E-state index in [0.717, 1.165) is 21.8 Å². The number of ether oxygens (including phenoxy) is 1. The molecular weight excluding hydrogens is 382 g/mol. The number of benzene rings is 1. The van der Waals surface area contributed by atoms with Gasteiger partial charge in [-0.1, -0.05) is 23.5 Å². The number of imide groups is 1. The summed E-state index contributed by atoms with van der Waals surface area (Å²) in [6.07, 6.45) is 0.550. The molecule has 1 aromatic heterocycles. The first-order valence-electron chi connectivity index (χ1n) is 8.71. The standard InChI is InChI=1S/C18H21N5O4S/c1-11-4-5-12(2)13(8-11)27-7-6-15-20-21-17(28-15)19-14(24)9-23-16(25)10-22(3)18(23)26/h4-5,8H,6-7,9-10H2,1-3H3,(H,19,21,24). The fourth-order valence-electron chi connectivity index (χ4n) is 2.64. The highest BCUT2D eigenvalue weighted by Crippen LogP contribution is 2.20. The second kappa shape index (κ2) is 8.34. The molecule has 4 amide bonds. The molecule has 0 bridgehead atoms. The number of hydrogen-bond acceptors (Lipinski definition) is 7. The molecule has 1 aromatic carbocycles. The van der Waals surface area contributed by atoms with E-state index in [2.05, 4.69) is 15.5 Å². The number of nitrogens with one attached hydrogen (secondary N) is 1. The zero-order chi connectivity index (χ0) is 20.3. The maximum absolute atomic E-state index is 12.1. The molecule has 1 N–H and O–H groups in total. The molecule has 0 unspecified atom stereocenters. The topological polar surface area (TPSA) is 105 Å². The Labute approximate surface area is 166 Å². The van der Waals surface area contributed by atoms with Gasteiger partial charge in [-0.15, -0.1) is 10.2 Å². The van der Waals surface area contributed by atoms with Gasteiger partial charge in [0.25, 0.3) is 5.91 Å². The lowest BCUT2D eigenvalue weighted by molar-refractivity contribution is -0.129. The second-order valence-corrected chi connectivity index (χ2v) is 7.60. The first kappa shape index (κ1) is 19.7. The number of carbonyl (C=O) groups excluding carboxylic acids is 3. The predicted octanol–water partition coefficient (Wildman–Crippen LogP) is 1.61. The maximum atomic E-state index is 12.1. The zero-order valence-corrected chi connectivity index (χ0v) is 16.7. The number of urea groups is 1. The number of hydrogen-bond donors (Lipinski definition) is 1. The molecular formula is C18H21N5O4S. The quantitative estimate of drug-likeness (QED) is 0.704. The number of aromatic nitrogens is 2. The van der Waals surface area contributed by atoms with Crippen LogP contribution in [0.25, 0.3) is 0 Å². The van der Waals surface area contributed by atoms with Crippen LogP contribution in [-0.4, -0.2) is 64.6 Å². The molecule has 1 saturated heterocycles. The summed E-state index contributed by atoms with van der Waals surface area (Å²) in [6.45, 7) is 4.08. The molecule has 0 aliphatic carbocycles. The van der Waals surface area contributed by atoms with Crippen LogP contribution in [0.15, 0.2) is 18.2 Å². The number of aryl methyl sites for hydroxylation is 2. The van der Waals surface area contributed by atoms with E-state index in [0.29, 0.717) is 23.2 Å². The summed E-state index contributed by atoms with van der Waals surface area (Å²) < 4.78 is 5.80. The Hall–Kier alpha value is -3.01. The van der Waals surface area contributed by atoms with Gasteiger partial charge in [0.1, 0.15) is 23.8 Å². The fraction of sp³-hybridized carbons (Fsp3) is 0.389. The molecule has 1 aliphatic rings. The van der Waals surface area contributed by atoms with E-state index in [1.54, 1.807) is 0 Å². The van der Waals surface area contributed by atoms with Gasteiger partial charge in [-0.3, -0.25) is 19.8 Å². The van der Waals surface area contributed by atoms with Gasteiger partial charge in [0.15, 0.2) is 0 Å². The molecule has 148 valence electrons. The van der Waals surface area contributed by atoms with Crippen molar-refractivity contribution in [1.29, 1.82) is 0 Å². The van der Waals surface area contributed by atoms with Crippen LogP contribution in [0.2, 0.25) is 0 Å². The Morgan fingerprint density at radius 3 is 2.79 bits per heavy atom. The first-order chi connectivity index (χ1) is 13.3. The minimum absolute atomic E-state index is 0.0184. The lowest BCUT2D eigenvalue weighted by Crippen LogP contribution is -2.38. The zero-order valence-electron chi connectivity index (χ0n) is 15.9. The molecule has 3 rings (SSSR count). The normalized spacial score (nSPS) is 14.0. The van der Waals surface area contributed by atoms with Crippen LogP contribution in [0.4, 0.5) is 9.93 Å². The van der Waals surface area contributed by atoms with Crippen molar-refractivity contribution < 1.29 is 19.1 Å². The van der Waals surface area contributed by atoms with Crippen LogP contribution in [0.1, 0.15) is 16.1 Å². The van der Waals surface area contributed by atoms with E-state index in [1.165, 1.54) is 23.3 Å². The fourth-order valence-corrected chi connectivity index (χ4v) is 3.38. The smallest absolute Gasteiger partial charge is 0.327 e. The van der Waals surface area contributed by atoms with Crippen molar-refractivity contribution >= 4 is 34.3 Å². The van der Waals surface area contributed by atoms with Crippen molar-refractivity contribution in [2.75, 3.05) is 32.1 Å². The van der Waals surface area contributed by atoms with E-state index >= 15 is 0 Å². The average Bonchev–Trinajstić information content (AvgIpc) is 3.17. The van der Waals surface area contributed by atoms with Gasteiger partial charge >= 0.3 is 6.03 Å². The first-order valence-corrected chi connectivity index (χ1v) is 9.53. The van der Waals surface area contributed by atoms with Crippen molar-refractivity contribution in [1.82, 2.24) is 20.0 Å². The summed E-state index contributed by atoms with van der Waals surface area (Å²) in [5.74, 6) is -0.0570. The van der Waals surface area contributed by atoms with Crippen molar-refractivity contribution in [3.63, 3.8) is 0 Å². The molecule has 1 aliphatic heterocycles. The highest BCUT2D eigenvalue weighted by molar-refractivity contribution is 7.15. The van der Waals surface area contributed by atoms with Gasteiger partial charge in [0, 0.05) is 13.5 Å². The molecule has 0 radical (unpaired) electrons. The Balaban J connectivity index is 1.48. The third kappa shape index (κ3) is 4.63. The van der Waals surface area contributed by atoms with Crippen molar-refractivity contribution in [2.45, 2.75) is 20.3 Å². The lowest BCUT2D eigenvalue weighted by Gasteiger charge is -2.12. The van der Waals surface area contributed by atoms with Crippen LogP contribution in [0.3, 0.4) is 0 Å². The van der Waals surface area contributed by atoms with Crippen LogP contribution < -0.4 is 10.1 Å². The number of rotatable bonds is 7. The van der Waals surface area contributed by atoms with Crippen molar-refractivity contribution in [3.05, 3.63) is 34.3 Å². The van der Waals surface area contributed by atoms with Gasteiger partial charge in [-0.25, -0.2) is 4.79 Å². The van der Waals surface area contributed by atoms with E-state index in [-0.39, 0.29) is 13.1 Å². The summed E-state index contributed by atoms with van der Waals surface area (Å²) in [6, 6.07) is 5.54. The third-order valence-electron chi connectivity index (χ3n) is 4.16. The molecule has 9 nitrogen and oxygen atoms in total. The summed E-state index contributed by atoms with van der Waals surface area (Å²) in [4.78, 5) is 37.8. The molecule has 10 heteroatoms. The highest BCUT2D eigenvalue weighted by atomic mass is 32.1. The molecule has 0 spiro atoms. The molecule has 0 atom stereocenters. The number of likely N-dealkylation sites (N-methyl/N-ethyl adjacent to an activating group) is 1. The average molecular weight is 403 g/mol. The largest absolute Gasteiger partial charge is 0.493 e. The summed E-state index contributed by atoms with van der Waals surface area (Å²) in [5.41, 5.74) is 2.19. The van der Waals surface area contributed by atoms with E-state index in [1.807, 2.05) is 32.0 Å². The van der Waals surface area contributed by atoms with Gasteiger partial charge in [-0.2, -0.15) is 0 Å². The lowest BCUT2D eigenvalue weighted by atomic mass is 10.1. The van der Waals surface area contributed by atoms with Crippen LogP contribution in [-0.2, 0) is 16.0 Å². The maximum Gasteiger partial charge on any atom is 0.327 e. The van der Waals surface area contributed by atoms with Crippen LogP contribution in [0, 0.1) is 13.8 Å². The molecule has 2 aromatic rings. The number of anilines is 1. The van der Waals surface area contributed by atoms with E-state index in [4.69, 9.17) is 4.74 Å². The Morgan fingerprint density at radius 1 is 1.29 bits per heavy atom. The van der Waals surface area contributed by atoms with Gasteiger partial charge in [-0.05, 0) is 31.0 Å². The van der Waals surface area contributed by atoms with Gasteiger partial charge < -0.3 is 9.64 Å². The number of amides is 4. The predicted molar refractivity (Wildman–Crippen MR) is 103 cm³/mol. The summed E-state index contributed by atoms with van der Waals surface area (Å²) in [7, 11) is 1.51. The summed E-state index contributed by atoms with van der Waals surface area (Å²) >= 11 is 1.23. The Morgan fingerprint density at radius 2 is 2.07 bits per heavy atom. The van der Waals surface area contributed by atoms with Crippen molar-refractivity contribution in [2.24, 2.45) is 0 Å². The Bertz CT molecular complexity index is 913. The molecule has 2 heterocycles. The summed E-state index contributed by atoms with van der Waals surface area (Å²) in [5, 5.41) is 11.6. The minimum atomic E-state index is -0.494. The molecule has 1 fully saturated rings. The highest BCUT2D eigenvalue weighted by Gasteiger charge is 2.34. The number of carbonyl (C=O) groups is 3. The van der Waals surface area contributed by atoms with Crippen molar-refractivity contribution in [3.8, 4) is 5.75 Å². The Kier molecular flexibility index (Phi) is 5.88. The van der Waals surface area contributed by atoms with E-state index in [9.17, 15) is 14.4 Å². The van der Waals surface area contributed by atoms with Gasteiger partial charge in [0.2, 0.25) is 11.0 Å². The minimum Gasteiger partial charge on any atom is -0.493 e. The van der Waals surface area contributed by atoms with Crippen LogP contribution in [0.5, 0.6) is 5.75 Å².